The fraction of sp³-hybridized carbons (Fsp3) is 0.190. The fourth-order valence-corrected chi connectivity index (χ4v) is 4.90. The Kier molecular flexibility index (Phi) is 5.90. The van der Waals surface area contributed by atoms with Gasteiger partial charge in [-0.1, -0.05) is 23.7 Å². The summed E-state index contributed by atoms with van der Waals surface area (Å²) >= 11 is 8.97. The highest BCUT2D eigenvalue weighted by Gasteiger charge is 2.17. The lowest BCUT2D eigenvalue weighted by atomic mass is 10.2. The number of fused-ring (bicyclic) bond motifs is 1. The van der Waals surface area contributed by atoms with Gasteiger partial charge in [0.1, 0.15) is 11.2 Å². The summed E-state index contributed by atoms with van der Waals surface area (Å²) < 4.78 is 3.04. The molecule has 6 nitrogen and oxygen atoms in total. The fourth-order valence-electron chi connectivity index (χ4n) is 3.17. The SMILES string of the molecule is Cc1ccc(NC(=O)Cn2c(=O)n(CCc3cccs3)c(=O)c3sccc32)cc1Cl. The van der Waals surface area contributed by atoms with Crippen molar-refractivity contribution >= 4 is 56.1 Å². The molecule has 30 heavy (non-hydrogen) atoms. The number of carbonyl (C=O) groups excluding carboxylic acids is 1. The van der Waals surface area contributed by atoms with Crippen LogP contribution in [-0.4, -0.2) is 15.0 Å². The molecule has 0 atom stereocenters. The van der Waals surface area contributed by atoms with Crippen LogP contribution in [0.5, 0.6) is 0 Å². The molecule has 0 aliphatic carbocycles. The molecule has 0 unspecified atom stereocenters. The Morgan fingerprint density at radius 1 is 1.10 bits per heavy atom. The van der Waals surface area contributed by atoms with Crippen LogP contribution in [0.4, 0.5) is 5.69 Å². The van der Waals surface area contributed by atoms with Crippen LogP contribution < -0.4 is 16.6 Å². The van der Waals surface area contributed by atoms with E-state index in [2.05, 4.69) is 5.32 Å². The largest absolute Gasteiger partial charge is 0.332 e. The van der Waals surface area contributed by atoms with E-state index in [1.54, 1.807) is 34.9 Å². The Labute approximate surface area is 185 Å². The maximum atomic E-state index is 13.1. The Morgan fingerprint density at radius 2 is 1.93 bits per heavy atom. The summed E-state index contributed by atoms with van der Waals surface area (Å²) in [5.41, 5.74) is 1.13. The van der Waals surface area contributed by atoms with Crippen LogP contribution in [0.1, 0.15) is 10.4 Å². The number of nitrogens with one attached hydrogen (secondary N) is 1. The van der Waals surface area contributed by atoms with Crippen LogP contribution >= 0.6 is 34.3 Å². The van der Waals surface area contributed by atoms with Crippen molar-refractivity contribution in [2.75, 3.05) is 5.32 Å². The molecule has 0 bridgehead atoms. The van der Waals surface area contributed by atoms with Crippen molar-refractivity contribution in [3.8, 4) is 0 Å². The molecule has 3 aromatic heterocycles. The van der Waals surface area contributed by atoms with Crippen LogP contribution in [0.15, 0.2) is 56.7 Å². The number of nitrogens with zero attached hydrogens (tertiary/aromatic N) is 2. The molecule has 0 aliphatic heterocycles. The van der Waals surface area contributed by atoms with Gasteiger partial charge in [-0.3, -0.25) is 18.7 Å². The zero-order chi connectivity index (χ0) is 21.3. The van der Waals surface area contributed by atoms with Gasteiger partial charge in [0.15, 0.2) is 0 Å². The van der Waals surface area contributed by atoms with Crippen molar-refractivity contribution in [3.05, 3.63) is 83.5 Å². The minimum Gasteiger partial charge on any atom is -0.324 e. The molecule has 3 heterocycles. The van der Waals surface area contributed by atoms with E-state index in [4.69, 9.17) is 11.6 Å². The minimum absolute atomic E-state index is 0.198. The van der Waals surface area contributed by atoms with E-state index in [1.807, 2.05) is 30.5 Å². The number of hydrogen-bond donors (Lipinski definition) is 1. The third kappa shape index (κ3) is 4.12. The first-order valence-corrected chi connectivity index (χ1v) is 11.4. The summed E-state index contributed by atoms with van der Waals surface area (Å²) in [7, 11) is 0. The lowest BCUT2D eigenvalue weighted by Gasteiger charge is -2.12. The molecular formula is C21H18ClN3O3S2. The van der Waals surface area contributed by atoms with Crippen molar-refractivity contribution in [1.29, 1.82) is 0 Å². The summed E-state index contributed by atoms with van der Waals surface area (Å²) in [6.07, 6.45) is 0.581. The van der Waals surface area contributed by atoms with E-state index in [-0.39, 0.29) is 24.6 Å². The number of aromatic nitrogens is 2. The van der Waals surface area contributed by atoms with Gasteiger partial charge >= 0.3 is 5.69 Å². The Morgan fingerprint density at radius 3 is 2.67 bits per heavy atom. The van der Waals surface area contributed by atoms with Gasteiger partial charge < -0.3 is 5.32 Å². The second kappa shape index (κ2) is 8.59. The average Bonchev–Trinajstić information content (AvgIpc) is 3.40. The van der Waals surface area contributed by atoms with Crippen LogP contribution in [0.2, 0.25) is 5.02 Å². The smallest absolute Gasteiger partial charge is 0.324 e. The van der Waals surface area contributed by atoms with Gasteiger partial charge in [0.2, 0.25) is 5.91 Å². The van der Waals surface area contributed by atoms with Crippen molar-refractivity contribution in [2.24, 2.45) is 0 Å². The van der Waals surface area contributed by atoms with Crippen LogP contribution in [0.25, 0.3) is 10.2 Å². The van der Waals surface area contributed by atoms with Crippen molar-refractivity contribution in [3.63, 3.8) is 0 Å². The first-order valence-electron chi connectivity index (χ1n) is 9.23. The molecule has 0 spiro atoms. The predicted octanol–water partition coefficient (Wildman–Crippen LogP) is 4.13. The van der Waals surface area contributed by atoms with E-state index in [0.717, 1.165) is 10.4 Å². The lowest BCUT2D eigenvalue weighted by molar-refractivity contribution is -0.116. The van der Waals surface area contributed by atoms with Gasteiger partial charge in [-0.05, 0) is 53.9 Å². The maximum Gasteiger partial charge on any atom is 0.332 e. The van der Waals surface area contributed by atoms with Gasteiger partial charge in [-0.2, -0.15) is 0 Å². The number of benzene rings is 1. The van der Waals surface area contributed by atoms with Gasteiger partial charge in [0.25, 0.3) is 5.56 Å². The summed E-state index contributed by atoms with van der Waals surface area (Å²) in [6.45, 7) is 1.94. The summed E-state index contributed by atoms with van der Waals surface area (Å²) in [5, 5.41) is 7.03. The Balaban J connectivity index is 1.64. The topological polar surface area (TPSA) is 73.1 Å². The molecule has 4 aromatic rings. The van der Waals surface area contributed by atoms with Crippen LogP contribution in [-0.2, 0) is 24.3 Å². The average molecular weight is 460 g/mol. The number of aryl methyl sites for hydroxylation is 2. The molecular weight excluding hydrogens is 442 g/mol. The van der Waals surface area contributed by atoms with E-state index < -0.39 is 5.69 Å². The second-order valence-electron chi connectivity index (χ2n) is 6.80. The number of hydrogen-bond acceptors (Lipinski definition) is 5. The lowest BCUT2D eigenvalue weighted by Crippen LogP contribution is -2.41. The standard InChI is InChI=1S/C21H18ClN3O3S2/c1-13-4-5-14(11-16(13)22)23-18(26)12-25-17-7-10-30-19(17)20(27)24(21(25)28)8-6-15-3-2-9-29-15/h2-5,7,9-11H,6,8,12H2,1H3,(H,23,26). The van der Waals surface area contributed by atoms with Crippen molar-refractivity contribution in [1.82, 2.24) is 9.13 Å². The Hall–Kier alpha value is -2.68. The zero-order valence-corrected chi connectivity index (χ0v) is 18.4. The minimum atomic E-state index is -0.487. The number of halogens is 1. The molecule has 0 radical (unpaired) electrons. The number of rotatable bonds is 6. The zero-order valence-electron chi connectivity index (χ0n) is 16.1. The normalized spacial score (nSPS) is 11.1. The molecule has 1 aromatic carbocycles. The molecule has 0 saturated carbocycles. The van der Waals surface area contributed by atoms with Gasteiger partial charge in [0.05, 0.1) is 5.52 Å². The number of thiophene rings is 2. The highest BCUT2D eigenvalue weighted by atomic mass is 35.5. The second-order valence-corrected chi connectivity index (χ2v) is 9.16. The molecule has 0 saturated heterocycles. The first-order chi connectivity index (χ1) is 14.4. The van der Waals surface area contributed by atoms with E-state index in [0.29, 0.717) is 27.3 Å². The maximum absolute atomic E-state index is 13.1. The van der Waals surface area contributed by atoms with Crippen molar-refractivity contribution in [2.45, 2.75) is 26.4 Å². The molecule has 4 rings (SSSR count). The quantitative estimate of drug-likeness (QED) is 0.471. The monoisotopic (exact) mass is 459 g/mol. The number of carbonyl (C=O) groups is 1. The van der Waals surface area contributed by atoms with Crippen LogP contribution in [0.3, 0.4) is 0 Å². The summed E-state index contributed by atoms with van der Waals surface area (Å²) in [5.74, 6) is -0.368. The predicted molar refractivity (Wildman–Crippen MR) is 123 cm³/mol. The third-order valence-electron chi connectivity index (χ3n) is 4.76. The van der Waals surface area contributed by atoms with E-state index in [1.165, 1.54) is 20.5 Å². The molecule has 1 N–H and O–H groups in total. The number of amides is 1. The van der Waals surface area contributed by atoms with Gasteiger partial charge in [-0.15, -0.1) is 22.7 Å². The highest BCUT2D eigenvalue weighted by Crippen LogP contribution is 2.20. The van der Waals surface area contributed by atoms with Crippen LogP contribution in [0, 0.1) is 6.92 Å². The Bertz CT molecular complexity index is 1340. The molecule has 0 fully saturated rings. The van der Waals surface area contributed by atoms with E-state index >= 15 is 0 Å². The first kappa shape index (κ1) is 20.6. The summed E-state index contributed by atoms with van der Waals surface area (Å²) in [4.78, 5) is 39.6. The van der Waals surface area contributed by atoms with Gasteiger partial charge in [-0.25, -0.2) is 4.79 Å². The molecule has 9 heteroatoms. The number of anilines is 1. The molecule has 1 amide bonds. The highest BCUT2D eigenvalue weighted by molar-refractivity contribution is 7.17. The van der Waals surface area contributed by atoms with Crippen molar-refractivity contribution < 1.29 is 4.79 Å². The van der Waals surface area contributed by atoms with Gasteiger partial charge in [0, 0.05) is 22.1 Å². The molecule has 0 aliphatic rings. The third-order valence-corrected chi connectivity index (χ3v) is 6.99. The summed E-state index contributed by atoms with van der Waals surface area (Å²) in [6, 6.07) is 10.8. The molecule has 154 valence electrons. The van der Waals surface area contributed by atoms with E-state index in [9.17, 15) is 14.4 Å².